The van der Waals surface area contributed by atoms with E-state index in [9.17, 15) is 9.18 Å². The van der Waals surface area contributed by atoms with Crippen molar-refractivity contribution < 1.29 is 9.18 Å². The number of carbonyl (C=O) groups excluding carboxylic acids is 1. The highest BCUT2D eigenvalue weighted by Gasteiger charge is 2.15. The number of likely N-dealkylation sites (tertiary alicyclic amines) is 1. The molecular formula is C17H25FN2O. The van der Waals surface area contributed by atoms with Crippen LogP contribution in [-0.4, -0.2) is 37.0 Å². The molecule has 0 aliphatic carbocycles. The third kappa shape index (κ3) is 5.84. The van der Waals surface area contributed by atoms with E-state index in [0.29, 0.717) is 13.0 Å². The Labute approximate surface area is 126 Å². The Morgan fingerprint density at radius 1 is 1.38 bits per heavy atom. The van der Waals surface area contributed by atoms with Gasteiger partial charge in [-0.25, -0.2) is 4.39 Å². The number of halogens is 1. The lowest BCUT2D eigenvalue weighted by atomic mass is 10.0. The van der Waals surface area contributed by atoms with E-state index in [4.69, 9.17) is 0 Å². The average molecular weight is 292 g/mol. The summed E-state index contributed by atoms with van der Waals surface area (Å²) >= 11 is 0. The van der Waals surface area contributed by atoms with Gasteiger partial charge in [-0.05, 0) is 56.0 Å². The Morgan fingerprint density at radius 2 is 2.14 bits per heavy atom. The second kappa shape index (κ2) is 8.13. The van der Waals surface area contributed by atoms with E-state index in [2.05, 4.69) is 17.1 Å². The van der Waals surface area contributed by atoms with Crippen molar-refractivity contribution in [3.8, 4) is 0 Å². The first-order valence-corrected chi connectivity index (χ1v) is 7.87. The fourth-order valence-corrected chi connectivity index (χ4v) is 2.87. The van der Waals surface area contributed by atoms with Gasteiger partial charge in [0, 0.05) is 13.1 Å². The molecule has 0 bridgehead atoms. The molecule has 1 N–H and O–H groups in total. The maximum Gasteiger partial charge on any atom is 0.224 e. The van der Waals surface area contributed by atoms with Gasteiger partial charge in [0.15, 0.2) is 0 Å². The highest BCUT2D eigenvalue weighted by atomic mass is 19.1. The standard InChI is InChI=1S/C17H25FN2O/c1-14-4-2-10-20(13-14)11-3-9-19-17(21)12-15-5-7-16(18)8-6-15/h5-8,14H,2-4,9-13H2,1H3,(H,19,21)/t14-/m1/s1. The molecular weight excluding hydrogens is 267 g/mol. The molecule has 1 aromatic carbocycles. The molecule has 2 rings (SSSR count). The summed E-state index contributed by atoms with van der Waals surface area (Å²) in [6.07, 6.45) is 3.94. The first kappa shape index (κ1) is 16.0. The van der Waals surface area contributed by atoms with Crippen molar-refractivity contribution >= 4 is 5.91 Å². The molecule has 1 heterocycles. The van der Waals surface area contributed by atoms with Gasteiger partial charge in [-0.1, -0.05) is 19.1 Å². The van der Waals surface area contributed by atoms with Crippen molar-refractivity contribution in [1.29, 1.82) is 0 Å². The second-order valence-corrected chi connectivity index (χ2v) is 6.05. The van der Waals surface area contributed by atoms with Gasteiger partial charge < -0.3 is 10.2 Å². The Hall–Kier alpha value is -1.42. The largest absolute Gasteiger partial charge is 0.356 e. The number of piperidine rings is 1. The van der Waals surface area contributed by atoms with Crippen LogP contribution in [0.25, 0.3) is 0 Å². The van der Waals surface area contributed by atoms with Crippen molar-refractivity contribution in [2.75, 3.05) is 26.2 Å². The van der Waals surface area contributed by atoms with Crippen LogP contribution in [0, 0.1) is 11.7 Å². The summed E-state index contributed by atoms with van der Waals surface area (Å²) in [6.45, 7) is 6.44. The second-order valence-electron chi connectivity index (χ2n) is 6.05. The fourth-order valence-electron chi connectivity index (χ4n) is 2.87. The fraction of sp³-hybridized carbons (Fsp3) is 0.588. The van der Waals surface area contributed by atoms with Crippen molar-refractivity contribution in [3.63, 3.8) is 0 Å². The lowest BCUT2D eigenvalue weighted by molar-refractivity contribution is -0.120. The van der Waals surface area contributed by atoms with Gasteiger partial charge in [-0.2, -0.15) is 0 Å². The van der Waals surface area contributed by atoms with E-state index >= 15 is 0 Å². The van der Waals surface area contributed by atoms with Gasteiger partial charge in [0.25, 0.3) is 0 Å². The smallest absolute Gasteiger partial charge is 0.224 e. The van der Waals surface area contributed by atoms with E-state index in [0.717, 1.165) is 24.4 Å². The maximum atomic E-state index is 12.8. The Balaban J connectivity index is 1.59. The average Bonchev–Trinajstić information content (AvgIpc) is 2.46. The molecule has 1 aromatic rings. The monoisotopic (exact) mass is 292 g/mol. The minimum atomic E-state index is -0.269. The Bertz CT molecular complexity index is 447. The number of nitrogens with zero attached hydrogens (tertiary/aromatic N) is 1. The molecule has 3 nitrogen and oxygen atoms in total. The summed E-state index contributed by atoms with van der Waals surface area (Å²) in [5, 5.41) is 2.94. The zero-order chi connectivity index (χ0) is 15.1. The predicted molar refractivity (Wildman–Crippen MR) is 82.6 cm³/mol. The van der Waals surface area contributed by atoms with Gasteiger partial charge in [0.05, 0.1) is 6.42 Å². The van der Waals surface area contributed by atoms with Gasteiger partial charge >= 0.3 is 0 Å². The normalized spacial score (nSPS) is 19.4. The molecule has 4 heteroatoms. The number of hydrogen-bond acceptors (Lipinski definition) is 2. The minimum absolute atomic E-state index is 0.00798. The topological polar surface area (TPSA) is 32.3 Å². The highest BCUT2D eigenvalue weighted by Crippen LogP contribution is 2.15. The highest BCUT2D eigenvalue weighted by molar-refractivity contribution is 5.78. The lowest BCUT2D eigenvalue weighted by Gasteiger charge is -2.30. The number of amides is 1. The summed E-state index contributed by atoms with van der Waals surface area (Å²) < 4.78 is 12.8. The van der Waals surface area contributed by atoms with Crippen LogP contribution in [0.15, 0.2) is 24.3 Å². The van der Waals surface area contributed by atoms with E-state index in [-0.39, 0.29) is 11.7 Å². The SMILES string of the molecule is C[C@@H]1CCCN(CCCNC(=O)Cc2ccc(F)cc2)C1. The van der Waals surface area contributed by atoms with Crippen LogP contribution in [0.4, 0.5) is 4.39 Å². The Morgan fingerprint density at radius 3 is 2.86 bits per heavy atom. The number of benzene rings is 1. The van der Waals surface area contributed by atoms with Crippen LogP contribution < -0.4 is 5.32 Å². The molecule has 116 valence electrons. The molecule has 1 aliphatic rings. The first-order chi connectivity index (χ1) is 10.1. The van der Waals surface area contributed by atoms with Crippen molar-refractivity contribution in [3.05, 3.63) is 35.6 Å². The summed E-state index contributed by atoms with van der Waals surface area (Å²) in [5.74, 6) is 0.537. The summed E-state index contributed by atoms with van der Waals surface area (Å²) in [6, 6.07) is 6.09. The molecule has 1 fully saturated rings. The van der Waals surface area contributed by atoms with Crippen LogP contribution >= 0.6 is 0 Å². The minimum Gasteiger partial charge on any atom is -0.356 e. The van der Waals surface area contributed by atoms with Gasteiger partial charge in [0.1, 0.15) is 5.82 Å². The van der Waals surface area contributed by atoms with Gasteiger partial charge in [0.2, 0.25) is 5.91 Å². The van der Waals surface area contributed by atoms with Crippen LogP contribution in [0.1, 0.15) is 31.7 Å². The number of carbonyl (C=O) groups is 1. The quantitative estimate of drug-likeness (QED) is 0.817. The zero-order valence-corrected chi connectivity index (χ0v) is 12.8. The molecule has 1 atom stereocenters. The van der Waals surface area contributed by atoms with E-state index < -0.39 is 0 Å². The van der Waals surface area contributed by atoms with Gasteiger partial charge in [-0.15, -0.1) is 0 Å². The third-order valence-corrected chi connectivity index (χ3v) is 3.99. The molecule has 0 spiro atoms. The molecule has 0 unspecified atom stereocenters. The summed E-state index contributed by atoms with van der Waals surface area (Å²) in [5.41, 5.74) is 0.846. The number of hydrogen-bond donors (Lipinski definition) is 1. The van der Waals surface area contributed by atoms with E-state index in [1.165, 1.54) is 38.1 Å². The maximum absolute atomic E-state index is 12.8. The van der Waals surface area contributed by atoms with Gasteiger partial charge in [-0.3, -0.25) is 4.79 Å². The zero-order valence-electron chi connectivity index (χ0n) is 12.8. The third-order valence-electron chi connectivity index (χ3n) is 3.99. The molecule has 1 aliphatic heterocycles. The molecule has 0 aromatic heterocycles. The van der Waals surface area contributed by atoms with Crippen LogP contribution in [0.5, 0.6) is 0 Å². The van der Waals surface area contributed by atoms with E-state index in [1.807, 2.05) is 0 Å². The van der Waals surface area contributed by atoms with E-state index in [1.54, 1.807) is 12.1 Å². The first-order valence-electron chi connectivity index (χ1n) is 7.87. The van der Waals surface area contributed by atoms with Crippen LogP contribution in [0.3, 0.4) is 0 Å². The molecule has 0 radical (unpaired) electrons. The van der Waals surface area contributed by atoms with Crippen molar-refractivity contribution in [2.24, 2.45) is 5.92 Å². The summed E-state index contributed by atoms with van der Waals surface area (Å²) in [4.78, 5) is 14.3. The van der Waals surface area contributed by atoms with Crippen LogP contribution in [0.2, 0.25) is 0 Å². The number of nitrogens with one attached hydrogen (secondary N) is 1. The molecule has 21 heavy (non-hydrogen) atoms. The molecule has 1 amide bonds. The van der Waals surface area contributed by atoms with Crippen LogP contribution in [-0.2, 0) is 11.2 Å². The van der Waals surface area contributed by atoms with Crippen molar-refractivity contribution in [2.45, 2.75) is 32.6 Å². The predicted octanol–water partition coefficient (Wildman–Crippen LogP) is 2.61. The number of rotatable bonds is 6. The lowest BCUT2D eigenvalue weighted by Crippen LogP contribution is -2.36. The molecule has 1 saturated heterocycles. The summed E-state index contributed by atoms with van der Waals surface area (Å²) in [7, 11) is 0. The van der Waals surface area contributed by atoms with Crippen molar-refractivity contribution in [1.82, 2.24) is 10.2 Å². The Kier molecular flexibility index (Phi) is 6.18. The molecule has 0 saturated carbocycles.